The Bertz CT molecular complexity index is 1020. The molecule has 296 valence electrons. The second-order valence-corrected chi connectivity index (χ2v) is 14.1. The number of rotatable bonds is 18. The average Bonchev–Trinajstić information content (AvgIpc) is 2.87. The summed E-state index contributed by atoms with van der Waals surface area (Å²) in [5.41, 5.74) is 0. The van der Waals surface area contributed by atoms with Gasteiger partial charge in [-0.1, -0.05) is 12.8 Å². The van der Waals surface area contributed by atoms with Crippen molar-refractivity contribution in [2.45, 2.75) is 122 Å². The Balaban J connectivity index is 5.47. The van der Waals surface area contributed by atoms with Gasteiger partial charge in [0.1, 0.15) is 0 Å². The monoisotopic (exact) mass is 810 g/mol. The zero-order valence-corrected chi connectivity index (χ0v) is 24.1. The van der Waals surface area contributed by atoms with Crippen LogP contribution in [0.25, 0.3) is 0 Å². The second kappa shape index (κ2) is 13.4. The minimum Gasteiger partial charge on any atom is -0.339 e. The molecule has 0 rings (SSSR count). The van der Waals surface area contributed by atoms with E-state index >= 15 is 0 Å². The van der Waals surface area contributed by atoms with Crippen LogP contribution in [0.3, 0.4) is 0 Å². The molecule has 4 N–H and O–H groups in total. The maximum atomic E-state index is 13.8. The lowest BCUT2D eigenvalue weighted by Crippen LogP contribution is -2.70. The van der Waals surface area contributed by atoms with Crippen molar-refractivity contribution in [1.29, 1.82) is 0 Å². The van der Waals surface area contributed by atoms with Crippen molar-refractivity contribution in [2.24, 2.45) is 10.8 Å². The Morgan fingerprint density at radius 2 is 0.490 bits per heavy atom. The second-order valence-electron chi connectivity index (χ2n) is 10.6. The van der Waals surface area contributed by atoms with Gasteiger partial charge in [-0.15, -0.1) is 0 Å². The van der Waals surface area contributed by atoms with Gasteiger partial charge in [0, 0.05) is 12.8 Å². The molecule has 0 radical (unpaired) electrons. The van der Waals surface area contributed by atoms with Crippen LogP contribution >= 0.6 is 0 Å². The first-order valence-corrected chi connectivity index (χ1v) is 15.0. The van der Waals surface area contributed by atoms with Gasteiger partial charge in [0.25, 0.3) is 0 Å². The van der Waals surface area contributed by atoms with Crippen LogP contribution in [-0.2, 0) is 0 Å². The molecule has 0 fully saturated rings. The minimum atomic E-state index is -8.15. The van der Waals surface area contributed by atoms with Crippen LogP contribution in [0.5, 0.6) is 0 Å². The topological polar surface area (TPSA) is 52.0 Å². The van der Waals surface area contributed by atoms with Crippen LogP contribution in [0, 0.1) is 0 Å². The minimum absolute atomic E-state index is 0.892. The van der Waals surface area contributed by atoms with E-state index in [1.807, 2.05) is 0 Å². The molecule has 0 spiro atoms. The fourth-order valence-electron chi connectivity index (χ4n) is 3.65. The number of alkyl halides is 26. The lowest BCUT2D eigenvalue weighted by atomic mass is 9.92. The summed E-state index contributed by atoms with van der Waals surface area (Å²) in [5, 5.41) is 10.9. The average molecular weight is 810 g/mol. The predicted octanol–water partition coefficient (Wildman–Crippen LogP) is 10.2. The Morgan fingerprint density at radius 3 is 0.694 bits per heavy atom. The van der Waals surface area contributed by atoms with Gasteiger partial charge < -0.3 is 10.8 Å². The summed E-state index contributed by atoms with van der Waals surface area (Å²) in [6.45, 7) is 0. The Kier molecular flexibility index (Phi) is 12.9. The standard InChI is InChI=1S/C20H20F26N2Si/c21-9(22,11(25,26)13(29,30)15(33,34)17(37,38)19(41,42)43)5-1-3-7-49(47,48)8-4-2-6-10(23,24)12(27,28)14(31,32)16(35,36)18(39,40)20(44,45)46/h1-8,47-48H2. The number of nitrogens with two attached hydrogens (primary N) is 2. The molecule has 0 aromatic rings. The van der Waals surface area contributed by atoms with Crippen LogP contribution in [0.1, 0.15) is 38.5 Å². The van der Waals surface area contributed by atoms with Gasteiger partial charge in [-0.05, 0) is 24.9 Å². The zero-order valence-electron chi connectivity index (χ0n) is 23.1. The molecule has 0 bridgehead atoms. The number of hydrogen-bond acceptors (Lipinski definition) is 2. The number of hydrogen-bond donors (Lipinski definition) is 2. The van der Waals surface area contributed by atoms with Gasteiger partial charge in [-0.25, -0.2) is 0 Å². The van der Waals surface area contributed by atoms with E-state index in [0.717, 1.165) is 0 Å². The summed E-state index contributed by atoms with van der Waals surface area (Å²) in [7, 11) is -4.06. The molecule has 0 unspecified atom stereocenters. The summed E-state index contributed by atoms with van der Waals surface area (Å²) >= 11 is 0. The van der Waals surface area contributed by atoms with Crippen molar-refractivity contribution in [1.82, 2.24) is 0 Å². The molecular formula is C20H20F26N2Si. The molecule has 0 aliphatic rings. The quantitative estimate of drug-likeness (QED) is 0.0823. The van der Waals surface area contributed by atoms with Crippen molar-refractivity contribution in [3.05, 3.63) is 0 Å². The van der Waals surface area contributed by atoms with Gasteiger partial charge in [-0.3, -0.25) is 0 Å². The fraction of sp³-hybridized carbons (Fsp3) is 1.00. The third kappa shape index (κ3) is 8.05. The van der Waals surface area contributed by atoms with E-state index in [1.54, 1.807) is 0 Å². The van der Waals surface area contributed by atoms with E-state index in [-0.39, 0.29) is 0 Å². The van der Waals surface area contributed by atoms with E-state index in [4.69, 9.17) is 10.8 Å². The van der Waals surface area contributed by atoms with Crippen molar-refractivity contribution in [3.63, 3.8) is 0 Å². The summed E-state index contributed by atoms with van der Waals surface area (Å²) < 4.78 is 341. The van der Waals surface area contributed by atoms with Crippen molar-refractivity contribution < 1.29 is 114 Å². The maximum Gasteiger partial charge on any atom is 0.460 e. The first-order valence-electron chi connectivity index (χ1n) is 12.4. The number of halogens is 26. The normalized spacial score (nSPS) is 16.4. The summed E-state index contributed by atoms with van der Waals surface area (Å²) in [5.74, 6) is -76.4. The smallest absolute Gasteiger partial charge is 0.339 e. The third-order valence-electron chi connectivity index (χ3n) is 6.76. The molecule has 0 saturated carbocycles. The SMILES string of the molecule is N[Si](N)(CCCCC(F)(F)C(F)(F)C(F)(F)C(F)(F)C(F)(F)C(F)(F)F)CCCCC(F)(F)C(F)(F)C(F)(F)C(F)(F)C(F)(F)C(F)(F)F. The molecule has 0 heterocycles. The maximum absolute atomic E-state index is 13.8. The lowest BCUT2D eigenvalue weighted by Gasteiger charge is -2.39. The third-order valence-corrected chi connectivity index (χ3v) is 9.33. The van der Waals surface area contributed by atoms with Gasteiger partial charge >= 0.3 is 71.6 Å². The van der Waals surface area contributed by atoms with E-state index in [0.29, 0.717) is 0 Å². The van der Waals surface area contributed by atoms with Crippen LogP contribution in [0.4, 0.5) is 114 Å². The summed E-state index contributed by atoms with van der Waals surface area (Å²) in [4.78, 5) is 0. The highest BCUT2D eigenvalue weighted by Gasteiger charge is 2.91. The first kappa shape index (κ1) is 47.3. The molecule has 0 saturated heterocycles. The largest absolute Gasteiger partial charge is 0.460 e. The molecule has 29 heteroatoms. The van der Waals surface area contributed by atoms with Crippen LogP contribution in [0.15, 0.2) is 0 Å². The predicted molar refractivity (Wildman–Crippen MR) is 113 cm³/mol. The molecule has 0 atom stereocenters. The highest BCUT2D eigenvalue weighted by Crippen LogP contribution is 2.62. The zero-order chi connectivity index (χ0) is 40.2. The van der Waals surface area contributed by atoms with E-state index < -0.39 is 131 Å². The Morgan fingerprint density at radius 1 is 0.286 bits per heavy atom. The van der Waals surface area contributed by atoms with E-state index in [9.17, 15) is 114 Å². The molecule has 0 aliphatic heterocycles. The molecular weight excluding hydrogens is 790 g/mol. The summed E-state index contributed by atoms with van der Waals surface area (Å²) in [6, 6.07) is -1.78. The molecule has 0 amide bonds. The van der Waals surface area contributed by atoms with E-state index in [1.165, 1.54) is 0 Å². The Labute approximate surface area is 256 Å². The van der Waals surface area contributed by atoms with Crippen molar-refractivity contribution in [2.75, 3.05) is 0 Å². The van der Waals surface area contributed by atoms with Crippen LogP contribution in [0.2, 0.25) is 12.1 Å². The van der Waals surface area contributed by atoms with Crippen LogP contribution < -0.4 is 10.8 Å². The highest BCUT2D eigenvalue weighted by molar-refractivity contribution is 6.73. The van der Waals surface area contributed by atoms with Gasteiger partial charge in [0.2, 0.25) is 0 Å². The summed E-state index contributed by atoms with van der Waals surface area (Å²) in [6.07, 6.45) is -25.7. The van der Waals surface area contributed by atoms with Crippen LogP contribution in [-0.4, -0.2) is 80.0 Å². The first-order chi connectivity index (χ1) is 20.9. The molecule has 2 nitrogen and oxygen atoms in total. The fourth-order valence-corrected chi connectivity index (χ4v) is 5.71. The molecule has 0 aliphatic carbocycles. The van der Waals surface area contributed by atoms with Gasteiger partial charge in [0.15, 0.2) is 8.40 Å². The Hall–Kier alpha value is -1.68. The molecule has 0 aromatic carbocycles. The van der Waals surface area contributed by atoms with Gasteiger partial charge in [0.05, 0.1) is 0 Å². The van der Waals surface area contributed by atoms with Crippen molar-refractivity contribution in [3.8, 4) is 0 Å². The lowest BCUT2D eigenvalue weighted by molar-refractivity contribution is -0.440. The highest BCUT2D eigenvalue weighted by atomic mass is 28.3. The van der Waals surface area contributed by atoms with Crippen molar-refractivity contribution >= 4 is 8.40 Å². The van der Waals surface area contributed by atoms with Gasteiger partial charge in [-0.2, -0.15) is 114 Å². The molecule has 49 heavy (non-hydrogen) atoms. The molecule has 0 aromatic heterocycles. The number of unbranched alkanes of at least 4 members (excludes halogenated alkanes) is 2. The van der Waals surface area contributed by atoms with E-state index in [2.05, 4.69) is 0 Å².